The lowest BCUT2D eigenvalue weighted by Crippen LogP contribution is -2.30. The highest BCUT2D eigenvalue weighted by Gasteiger charge is 2.39. The van der Waals surface area contributed by atoms with Gasteiger partial charge in [-0.2, -0.15) is 74.6 Å². The number of aromatic nitrogens is 4. The highest BCUT2D eigenvalue weighted by Crippen LogP contribution is 2.42. The smallest absolute Gasteiger partial charge is 0.446 e. The molecule has 0 saturated heterocycles. The van der Waals surface area contributed by atoms with Crippen LogP contribution in [0.15, 0.2) is 126 Å². The second-order valence-corrected chi connectivity index (χ2v) is 19.6. The Morgan fingerprint density at radius 1 is 0.570 bits per heavy atom. The van der Waals surface area contributed by atoms with E-state index < -0.39 is 91.0 Å². The van der Waals surface area contributed by atoms with Crippen molar-refractivity contribution in [2.75, 3.05) is 23.2 Å². The van der Waals surface area contributed by atoms with Gasteiger partial charge in [-0.05, 0) is 97.1 Å². The fraction of sp³-hybridized carbons (Fsp3) is 0.222. The molecule has 7 aromatic rings. The van der Waals surface area contributed by atoms with Crippen LogP contribution in [0.5, 0.6) is 34.5 Å². The largest absolute Gasteiger partial charge is 0.497 e. The summed E-state index contributed by atoms with van der Waals surface area (Å²) in [6.45, 7) is 2.08. The van der Waals surface area contributed by atoms with Crippen molar-refractivity contribution in [2.45, 2.75) is 61.0 Å². The van der Waals surface area contributed by atoms with Crippen LogP contribution in [0, 0.1) is 0 Å². The maximum Gasteiger partial charge on any atom is 0.446 e. The second kappa shape index (κ2) is 26.0. The SMILES string of the molecule is COc1ccc(CN(c2ncns2)S(=O)(=O)c2ccc(Oc3cc(C(F)(F)F)cc(C(F)(F)F)c3)cc2)c(OC)c1.O=CC(F)(F)F.O=S(=O)(Nc1ncns1)c1ccc(Oc2cc(C(F)(F)F)cc(C(F)(F)F)c2)cc1.[2H]CC. The van der Waals surface area contributed by atoms with E-state index in [1.165, 1.54) is 20.5 Å². The number of aldehydes is 1. The number of nitrogens with one attached hydrogen (secondary N) is 1. The molecule has 428 valence electrons. The fourth-order valence-electron chi connectivity index (χ4n) is 5.80. The van der Waals surface area contributed by atoms with Crippen LogP contribution in [0.2, 0.25) is 0 Å². The lowest BCUT2D eigenvalue weighted by atomic mass is 10.1. The molecular formula is C45H35F15N6O9S4. The molecule has 0 aliphatic heterocycles. The van der Waals surface area contributed by atoms with Gasteiger partial charge in [-0.3, -0.25) is 9.52 Å². The van der Waals surface area contributed by atoms with E-state index >= 15 is 0 Å². The summed E-state index contributed by atoms with van der Waals surface area (Å²) in [7, 11) is -5.46. The van der Waals surface area contributed by atoms with Crippen LogP contribution in [0.25, 0.3) is 0 Å². The van der Waals surface area contributed by atoms with Crippen molar-refractivity contribution in [1.82, 2.24) is 18.7 Å². The number of anilines is 2. The summed E-state index contributed by atoms with van der Waals surface area (Å²) in [4.78, 5) is 15.9. The van der Waals surface area contributed by atoms with Crippen LogP contribution in [-0.2, 0) is 56.1 Å². The maximum absolute atomic E-state index is 13.6. The van der Waals surface area contributed by atoms with Gasteiger partial charge in [-0.15, -0.1) is 0 Å². The molecule has 5 aromatic carbocycles. The Morgan fingerprint density at radius 3 is 1.33 bits per heavy atom. The van der Waals surface area contributed by atoms with E-state index in [9.17, 15) is 82.7 Å². The van der Waals surface area contributed by atoms with Crippen LogP contribution in [0.3, 0.4) is 0 Å². The number of hydrogen-bond donors (Lipinski definition) is 1. The molecule has 0 saturated carbocycles. The number of benzene rings is 5. The van der Waals surface area contributed by atoms with E-state index in [-0.39, 0.29) is 50.2 Å². The summed E-state index contributed by atoms with van der Waals surface area (Å²) in [6.07, 6.45) is -23.5. The summed E-state index contributed by atoms with van der Waals surface area (Å²) < 4.78 is 277. The Morgan fingerprint density at radius 2 is 0.975 bits per heavy atom. The Labute approximate surface area is 447 Å². The van der Waals surface area contributed by atoms with E-state index in [0.717, 1.165) is 82.2 Å². The predicted octanol–water partition coefficient (Wildman–Crippen LogP) is 13.7. The van der Waals surface area contributed by atoms with Gasteiger partial charge < -0.3 is 18.9 Å². The minimum Gasteiger partial charge on any atom is -0.497 e. The van der Waals surface area contributed by atoms with Gasteiger partial charge in [-0.25, -0.2) is 31.1 Å². The Balaban J connectivity index is 0.000000309. The van der Waals surface area contributed by atoms with Crippen LogP contribution in [-0.4, -0.2) is 62.2 Å². The Hall–Kier alpha value is -7.46. The molecule has 0 unspecified atom stereocenters. The maximum atomic E-state index is 13.6. The van der Waals surface area contributed by atoms with Crippen molar-refractivity contribution in [1.29, 1.82) is 0 Å². The lowest BCUT2D eigenvalue weighted by Gasteiger charge is -2.23. The summed E-state index contributed by atoms with van der Waals surface area (Å²) in [5.41, 5.74) is -5.70. The standard InChI is InChI=1S/C25H19F6N3O5S2.C16H9F6N3O3S2.C2HF3O.C2H6/c1-37-19-4-3-15(22(12-19)38-2)13-34(23-32-14-33-40-23)41(35,36)21-7-5-18(6-8-21)39-20-10-16(24(26,27)28)9-17(11-20)25(29,30)31;17-15(18,19)9-5-10(16(20,21)22)7-12(6-9)28-11-1-3-13(4-2-11)30(26,27)25-14-23-8-24-29-14;3-2(4,5)1-6;1-2/h3-12,14H,13H2,1-2H3;1-8H,(H,23,24,25);1H;1-2H3/i;;;1D. The van der Waals surface area contributed by atoms with Gasteiger partial charge in [-0.1, -0.05) is 13.8 Å². The zero-order valence-corrected chi connectivity index (χ0v) is 42.9. The number of halogens is 15. The third-order valence-corrected chi connectivity index (χ3v) is 13.8. The average molecular weight is 1220 g/mol. The molecule has 0 atom stereocenters. The van der Waals surface area contributed by atoms with Crippen LogP contribution < -0.4 is 28.0 Å². The minimum atomic E-state index is -5.06. The first-order valence-electron chi connectivity index (χ1n) is 21.5. The molecule has 15 nitrogen and oxygen atoms in total. The molecule has 0 fully saturated rings. The molecule has 7 rings (SSSR count). The molecular weight excluding hydrogens is 1180 g/mol. The Kier molecular flexibility index (Phi) is 20.5. The van der Waals surface area contributed by atoms with Crippen molar-refractivity contribution >= 4 is 59.7 Å². The highest BCUT2D eigenvalue weighted by atomic mass is 32.2. The Bertz CT molecular complexity index is 3290. The van der Waals surface area contributed by atoms with Gasteiger partial charge in [0.2, 0.25) is 16.5 Å². The highest BCUT2D eigenvalue weighted by molar-refractivity contribution is 7.93. The fourth-order valence-corrected chi connectivity index (χ4v) is 9.59. The van der Waals surface area contributed by atoms with Crippen molar-refractivity contribution in [3.63, 3.8) is 0 Å². The van der Waals surface area contributed by atoms with E-state index in [1.807, 2.05) is 0 Å². The number of carbonyl (C=O) groups excluding carboxylic acids is 1. The van der Waals surface area contributed by atoms with Crippen molar-refractivity contribution in [2.24, 2.45) is 0 Å². The predicted molar refractivity (Wildman–Crippen MR) is 253 cm³/mol. The first-order chi connectivity index (χ1) is 37.0. The number of nitrogens with zero attached hydrogens (tertiary/aromatic N) is 5. The van der Waals surface area contributed by atoms with E-state index in [1.54, 1.807) is 25.1 Å². The third-order valence-electron chi connectivity index (χ3n) is 9.23. The minimum absolute atomic E-state index is 0.0129. The van der Waals surface area contributed by atoms with Gasteiger partial charge in [0.15, 0.2) is 0 Å². The van der Waals surface area contributed by atoms with Crippen molar-refractivity contribution in [3.05, 3.63) is 144 Å². The van der Waals surface area contributed by atoms with Crippen LogP contribution in [0.4, 0.5) is 76.1 Å². The van der Waals surface area contributed by atoms with E-state index in [2.05, 4.69) is 23.4 Å². The number of hydrogen-bond acceptors (Lipinski definition) is 15. The lowest BCUT2D eigenvalue weighted by molar-refractivity contribution is -0.156. The molecule has 79 heavy (non-hydrogen) atoms. The summed E-state index contributed by atoms with van der Waals surface area (Å²) >= 11 is 1.61. The average Bonchev–Trinajstić information content (AvgIpc) is 4.10. The summed E-state index contributed by atoms with van der Waals surface area (Å²) in [5, 5.41) is 0.0471. The number of rotatable bonds is 14. The van der Waals surface area contributed by atoms with Crippen molar-refractivity contribution in [3.8, 4) is 34.5 Å². The number of sulfonamides is 2. The van der Waals surface area contributed by atoms with Gasteiger partial charge >= 0.3 is 30.9 Å². The molecule has 2 aromatic heterocycles. The van der Waals surface area contributed by atoms with Gasteiger partial charge in [0.05, 0.1) is 52.8 Å². The third kappa shape index (κ3) is 18.6. The number of carbonyl (C=O) groups is 1. The van der Waals surface area contributed by atoms with Gasteiger partial charge in [0, 0.05) is 36.1 Å². The molecule has 0 aliphatic carbocycles. The normalized spacial score (nSPS) is 12.2. The van der Waals surface area contributed by atoms with E-state index in [4.69, 9.17) is 25.1 Å². The molecule has 2 heterocycles. The monoisotopic (exact) mass is 1220 g/mol. The molecule has 1 N–H and O–H groups in total. The number of methoxy groups -OCH3 is 2. The molecule has 0 spiro atoms. The molecule has 0 bridgehead atoms. The topological polar surface area (TPSA) is 189 Å². The molecule has 0 amide bonds. The second-order valence-electron chi connectivity index (χ2n) is 14.6. The van der Waals surface area contributed by atoms with Crippen LogP contribution in [0.1, 0.15) is 43.0 Å². The van der Waals surface area contributed by atoms with Gasteiger partial charge in [0.1, 0.15) is 47.2 Å². The number of alkyl halides is 15. The molecule has 0 aliphatic rings. The van der Waals surface area contributed by atoms with Crippen molar-refractivity contribution < 1.29 is 108 Å². The quantitative estimate of drug-likeness (QED) is 0.0800. The molecule has 34 heteroatoms. The zero-order chi connectivity index (χ0) is 60.1. The van der Waals surface area contributed by atoms with E-state index in [0.29, 0.717) is 48.2 Å². The van der Waals surface area contributed by atoms with Gasteiger partial charge in [0.25, 0.3) is 20.0 Å². The first-order valence-corrected chi connectivity index (χ1v) is 25.3. The summed E-state index contributed by atoms with van der Waals surface area (Å²) in [6, 6.07) is 15.1. The van der Waals surface area contributed by atoms with Crippen LogP contribution >= 0.6 is 23.1 Å². The molecule has 0 radical (unpaired) electrons. The number of ether oxygens (including phenoxy) is 4. The first kappa shape index (κ1) is 62.4. The zero-order valence-electron chi connectivity index (χ0n) is 40.7. The summed E-state index contributed by atoms with van der Waals surface area (Å²) in [5.74, 6) is -0.982.